The summed E-state index contributed by atoms with van der Waals surface area (Å²) in [6.07, 6.45) is 2.10. The van der Waals surface area contributed by atoms with E-state index in [9.17, 15) is 4.79 Å². The highest BCUT2D eigenvalue weighted by Gasteiger charge is 2.15. The van der Waals surface area contributed by atoms with Crippen LogP contribution in [0.2, 0.25) is 5.15 Å². The van der Waals surface area contributed by atoms with Crippen molar-refractivity contribution in [1.29, 1.82) is 0 Å². The minimum Gasteiger partial charge on any atom is -0.358 e. The molecule has 5 nitrogen and oxygen atoms in total. The normalized spacial score (nSPS) is 12.0. The Hall–Kier alpha value is -1.36. The number of nitrogens with one attached hydrogen (secondary N) is 2. The fraction of sp³-hybridized carbons (Fsp3) is 0.545. The molecule has 0 aromatic carbocycles. The number of carbonyl (C=O) groups excluding carboxylic acids is 1. The van der Waals surface area contributed by atoms with Crippen molar-refractivity contribution in [3.8, 4) is 0 Å². The number of hydrogen-bond donors (Lipinski definition) is 2. The first kappa shape index (κ1) is 13.7. The van der Waals surface area contributed by atoms with Crippen LogP contribution in [0.25, 0.3) is 0 Å². The van der Waals surface area contributed by atoms with Crippen LogP contribution in [0.15, 0.2) is 6.33 Å². The second-order valence-electron chi connectivity index (χ2n) is 3.61. The van der Waals surface area contributed by atoms with Crippen molar-refractivity contribution in [2.24, 2.45) is 0 Å². The molecule has 0 saturated heterocycles. The Balaban J connectivity index is 2.81. The molecule has 1 unspecified atom stereocenters. The molecule has 1 aromatic heterocycles. The van der Waals surface area contributed by atoms with Gasteiger partial charge in [-0.3, -0.25) is 4.79 Å². The molecule has 1 amide bonds. The Kier molecular flexibility index (Phi) is 5.15. The van der Waals surface area contributed by atoms with Gasteiger partial charge < -0.3 is 10.6 Å². The molecule has 0 spiro atoms. The van der Waals surface area contributed by atoms with E-state index in [0.717, 1.165) is 5.56 Å². The molecule has 0 aliphatic carbocycles. The lowest BCUT2D eigenvalue weighted by atomic mass is 10.2. The summed E-state index contributed by atoms with van der Waals surface area (Å²) in [5.74, 6) is 0.551. The van der Waals surface area contributed by atoms with Gasteiger partial charge in [0, 0.05) is 12.1 Å². The van der Waals surface area contributed by atoms with Crippen molar-refractivity contribution in [3.63, 3.8) is 0 Å². The fourth-order valence-corrected chi connectivity index (χ4v) is 1.69. The van der Waals surface area contributed by atoms with E-state index in [0.29, 0.717) is 23.9 Å². The summed E-state index contributed by atoms with van der Waals surface area (Å²) in [5.41, 5.74) is 0.824. The molecule has 1 heterocycles. The van der Waals surface area contributed by atoms with Gasteiger partial charge in [0.25, 0.3) is 0 Å². The van der Waals surface area contributed by atoms with E-state index in [2.05, 4.69) is 20.6 Å². The van der Waals surface area contributed by atoms with Gasteiger partial charge in [0.15, 0.2) is 0 Å². The lowest BCUT2D eigenvalue weighted by molar-refractivity contribution is -0.121. The van der Waals surface area contributed by atoms with E-state index in [-0.39, 0.29) is 11.9 Å². The zero-order valence-corrected chi connectivity index (χ0v) is 11.0. The number of amides is 1. The van der Waals surface area contributed by atoms with E-state index >= 15 is 0 Å². The van der Waals surface area contributed by atoms with E-state index in [1.165, 1.54) is 6.33 Å². The predicted molar refractivity (Wildman–Crippen MR) is 68.2 cm³/mol. The number of anilines is 1. The average molecular weight is 257 g/mol. The first-order valence-electron chi connectivity index (χ1n) is 5.63. The second-order valence-corrected chi connectivity index (χ2v) is 3.96. The van der Waals surface area contributed by atoms with Crippen molar-refractivity contribution in [1.82, 2.24) is 15.3 Å². The fourth-order valence-electron chi connectivity index (χ4n) is 1.43. The van der Waals surface area contributed by atoms with Crippen LogP contribution < -0.4 is 10.6 Å². The zero-order chi connectivity index (χ0) is 12.8. The molecule has 94 valence electrons. The lowest BCUT2D eigenvalue weighted by Gasteiger charge is -2.16. The average Bonchev–Trinajstić information content (AvgIpc) is 2.29. The SMILES string of the molecule is CCNC(=O)C(C)Nc1ncnc(Cl)c1CC. The molecule has 6 heteroatoms. The first-order valence-corrected chi connectivity index (χ1v) is 6.01. The van der Waals surface area contributed by atoms with Crippen molar-refractivity contribution >= 4 is 23.3 Å². The van der Waals surface area contributed by atoms with Gasteiger partial charge in [-0.15, -0.1) is 0 Å². The maximum absolute atomic E-state index is 11.6. The summed E-state index contributed by atoms with van der Waals surface area (Å²) in [4.78, 5) is 19.6. The molecule has 0 aliphatic heterocycles. The summed E-state index contributed by atoms with van der Waals surface area (Å²) in [6, 6.07) is -0.355. The van der Waals surface area contributed by atoms with E-state index in [1.807, 2.05) is 13.8 Å². The smallest absolute Gasteiger partial charge is 0.242 e. The predicted octanol–water partition coefficient (Wildman–Crippen LogP) is 1.63. The number of nitrogens with zero attached hydrogens (tertiary/aromatic N) is 2. The molecule has 1 rings (SSSR count). The number of aromatic nitrogens is 2. The van der Waals surface area contributed by atoms with Crippen molar-refractivity contribution in [3.05, 3.63) is 17.0 Å². The minimum atomic E-state index is -0.355. The lowest BCUT2D eigenvalue weighted by Crippen LogP contribution is -2.37. The van der Waals surface area contributed by atoms with Crippen LogP contribution in [0.4, 0.5) is 5.82 Å². The van der Waals surface area contributed by atoms with E-state index < -0.39 is 0 Å². The summed E-state index contributed by atoms with van der Waals surface area (Å²) < 4.78 is 0. The highest BCUT2D eigenvalue weighted by atomic mass is 35.5. The van der Waals surface area contributed by atoms with Crippen LogP contribution in [0.5, 0.6) is 0 Å². The number of hydrogen-bond acceptors (Lipinski definition) is 4. The number of carbonyl (C=O) groups is 1. The molecule has 1 aromatic rings. The van der Waals surface area contributed by atoms with Gasteiger partial charge in [0.1, 0.15) is 23.3 Å². The third-order valence-electron chi connectivity index (χ3n) is 2.34. The quantitative estimate of drug-likeness (QED) is 0.786. The minimum absolute atomic E-state index is 0.0655. The maximum atomic E-state index is 11.6. The molecule has 0 bridgehead atoms. The molecule has 0 aliphatic rings. The van der Waals surface area contributed by atoms with Crippen LogP contribution >= 0.6 is 11.6 Å². The van der Waals surface area contributed by atoms with Gasteiger partial charge >= 0.3 is 0 Å². The zero-order valence-electron chi connectivity index (χ0n) is 10.2. The summed E-state index contributed by atoms with van der Waals surface area (Å²) >= 11 is 5.96. The standard InChI is InChI=1S/C11H17ClN4O/c1-4-8-9(12)14-6-15-10(8)16-7(3)11(17)13-5-2/h6-7H,4-5H2,1-3H3,(H,13,17)(H,14,15,16). The highest BCUT2D eigenvalue weighted by Crippen LogP contribution is 2.20. The summed E-state index contributed by atoms with van der Waals surface area (Å²) in [5, 5.41) is 6.20. The molecule has 0 radical (unpaired) electrons. The molecular weight excluding hydrogens is 240 g/mol. The van der Waals surface area contributed by atoms with Crippen LogP contribution in [0, 0.1) is 0 Å². The van der Waals surface area contributed by atoms with Gasteiger partial charge in [-0.2, -0.15) is 0 Å². The second kappa shape index (κ2) is 6.39. The number of rotatable bonds is 5. The van der Waals surface area contributed by atoms with Crippen molar-refractivity contribution in [2.45, 2.75) is 33.2 Å². The summed E-state index contributed by atoms with van der Waals surface area (Å²) in [7, 11) is 0. The van der Waals surface area contributed by atoms with Crippen LogP contribution in [-0.2, 0) is 11.2 Å². The number of likely N-dealkylation sites (N-methyl/N-ethyl adjacent to an activating group) is 1. The Bertz CT molecular complexity index is 397. The Morgan fingerprint density at radius 3 is 2.76 bits per heavy atom. The maximum Gasteiger partial charge on any atom is 0.242 e. The van der Waals surface area contributed by atoms with Gasteiger partial charge in [-0.25, -0.2) is 9.97 Å². The van der Waals surface area contributed by atoms with Crippen molar-refractivity contribution in [2.75, 3.05) is 11.9 Å². The molecule has 0 saturated carbocycles. The largest absolute Gasteiger partial charge is 0.358 e. The molecule has 2 N–H and O–H groups in total. The Morgan fingerprint density at radius 2 is 2.18 bits per heavy atom. The Labute approximate surface area is 106 Å². The van der Waals surface area contributed by atoms with Crippen LogP contribution in [0.1, 0.15) is 26.3 Å². The van der Waals surface area contributed by atoms with Crippen LogP contribution in [-0.4, -0.2) is 28.5 Å². The van der Waals surface area contributed by atoms with Crippen molar-refractivity contribution < 1.29 is 4.79 Å². The highest BCUT2D eigenvalue weighted by molar-refractivity contribution is 6.30. The van der Waals surface area contributed by atoms with E-state index in [4.69, 9.17) is 11.6 Å². The molecule has 0 fully saturated rings. The third-order valence-corrected chi connectivity index (χ3v) is 2.67. The first-order chi connectivity index (χ1) is 8.10. The van der Waals surface area contributed by atoms with Gasteiger partial charge in [-0.05, 0) is 20.3 Å². The van der Waals surface area contributed by atoms with Gasteiger partial charge in [0.2, 0.25) is 5.91 Å². The van der Waals surface area contributed by atoms with E-state index in [1.54, 1.807) is 6.92 Å². The van der Waals surface area contributed by atoms with Gasteiger partial charge in [-0.1, -0.05) is 18.5 Å². The van der Waals surface area contributed by atoms with Gasteiger partial charge in [0.05, 0.1) is 0 Å². The third kappa shape index (κ3) is 3.56. The molecular formula is C11H17ClN4O. The van der Waals surface area contributed by atoms with Crippen LogP contribution in [0.3, 0.4) is 0 Å². The Morgan fingerprint density at radius 1 is 1.47 bits per heavy atom. The number of halogens is 1. The molecule has 17 heavy (non-hydrogen) atoms. The summed E-state index contributed by atoms with van der Waals surface area (Å²) in [6.45, 7) is 6.23. The topological polar surface area (TPSA) is 66.9 Å². The molecule has 1 atom stereocenters. The monoisotopic (exact) mass is 256 g/mol.